The van der Waals surface area contributed by atoms with Gasteiger partial charge in [-0.1, -0.05) is 13.0 Å². The van der Waals surface area contributed by atoms with Crippen LogP contribution in [0.25, 0.3) is 0 Å². The van der Waals surface area contributed by atoms with Crippen molar-refractivity contribution in [2.24, 2.45) is 0 Å². The summed E-state index contributed by atoms with van der Waals surface area (Å²) >= 11 is 0. The van der Waals surface area contributed by atoms with Crippen LogP contribution in [0.5, 0.6) is 0 Å². The highest BCUT2D eigenvalue weighted by molar-refractivity contribution is 7.89. The van der Waals surface area contributed by atoms with E-state index < -0.39 is 16.0 Å². The number of sulfonamides is 1. The van der Waals surface area contributed by atoms with E-state index in [2.05, 4.69) is 5.32 Å². The fourth-order valence-electron chi connectivity index (χ4n) is 2.94. The van der Waals surface area contributed by atoms with Crippen LogP contribution in [0.15, 0.2) is 29.2 Å². The zero-order valence-electron chi connectivity index (χ0n) is 14.8. The number of amides is 1. The molecule has 1 aliphatic heterocycles. The molecule has 0 radical (unpaired) electrons. The molecule has 8 nitrogen and oxygen atoms in total. The summed E-state index contributed by atoms with van der Waals surface area (Å²) in [5, 5.41) is 11.5. The van der Waals surface area contributed by atoms with Crippen molar-refractivity contribution in [1.82, 2.24) is 9.21 Å². The average molecular weight is 383 g/mol. The molecule has 2 N–H and O–H groups in total. The topological polar surface area (TPSA) is 107 Å². The summed E-state index contributed by atoms with van der Waals surface area (Å²) in [7, 11) is -3.55. The molecule has 2 rings (SSSR count). The summed E-state index contributed by atoms with van der Waals surface area (Å²) in [5.74, 6) is -1.37. The van der Waals surface area contributed by atoms with Crippen molar-refractivity contribution in [3.63, 3.8) is 0 Å². The van der Waals surface area contributed by atoms with E-state index in [0.717, 1.165) is 19.3 Å². The molecule has 1 amide bonds. The molecular formula is C17H25N3O5S. The Balaban J connectivity index is 2.05. The SMILES string of the molecule is CCCN(CC(=O)O)CC(=O)Nc1cccc(S(=O)(=O)N2CCCC2)c1. The number of aliphatic carboxylic acids is 1. The Morgan fingerprint density at radius 1 is 1.23 bits per heavy atom. The summed E-state index contributed by atoms with van der Waals surface area (Å²) in [6, 6.07) is 6.14. The number of anilines is 1. The lowest BCUT2D eigenvalue weighted by Crippen LogP contribution is -2.37. The molecule has 1 aliphatic rings. The Labute approximate surface area is 153 Å². The standard InChI is InChI=1S/C17H25N3O5S/c1-2-8-19(13-17(22)23)12-16(21)18-14-6-5-7-15(11-14)26(24,25)20-9-3-4-10-20/h5-7,11H,2-4,8-10,12-13H2,1H3,(H,18,21)(H,22,23). The number of hydrogen-bond acceptors (Lipinski definition) is 5. The van der Waals surface area contributed by atoms with Crippen molar-refractivity contribution >= 4 is 27.6 Å². The fraction of sp³-hybridized carbons (Fsp3) is 0.529. The minimum absolute atomic E-state index is 0.0662. The molecule has 26 heavy (non-hydrogen) atoms. The third kappa shape index (κ3) is 5.52. The Bertz CT molecular complexity index is 745. The predicted molar refractivity (Wildman–Crippen MR) is 97.4 cm³/mol. The molecule has 0 atom stereocenters. The van der Waals surface area contributed by atoms with Crippen LogP contribution in [0, 0.1) is 0 Å². The fourth-order valence-corrected chi connectivity index (χ4v) is 4.50. The lowest BCUT2D eigenvalue weighted by molar-refractivity contribution is -0.138. The number of benzene rings is 1. The Morgan fingerprint density at radius 3 is 2.54 bits per heavy atom. The summed E-state index contributed by atoms with van der Waals surface area (Å²) in [6.45, 7) is 3.14. The number of carboxylic acid groups (broad SMARTS) is 1. The van der Waals surface area contributed by atoms with Crippen LogP contribution < -0.4 is 5.32 Å². The quantitative estimate of drug-likeness (QED) is 0.664. The first-order chi connectivity index (χ1) is 12.3. The highest BCUT2D eigenvalue weighted by Crippen LogP contribution is 2.23. The number of nitrogens with zero attached hydrogens (tertiary/aromatic N) is 2. The number of carboxylic acids is 1. The van der Waals surface area contributed by atoms with Crippen LogP contribution in [-0.2, 0) is 19.6 Å². The van der Waals surface area contributed by atoms with Crippen molar-refractivity contribution < 1.29 is 23.1 Å². The van der Waals surface area contributed by atoms with Crippen LogP contribution in [0.4, 0.5) is 5.69 Å². The molecule has 1 saturated heterocycles. The second kappa shape index (κ2) is 9.11. The predicted octanol–water partition coefficient (Wildman–Crippen LogP) is 1.21. The van der Waals surface area contributed by atoms with Crippen LogP contribution in [0.1, 0.15) is 26.2 Å². The maximum atomic E-state index is 12.6. The second-order valence-electron chi connectivity index (χ2n) is 6.29. The molecule has 1 heterocycles. The summed E-state index contributed by atoms with van der Waals surface area (Å²) in [5.41, 5.74) is 0.377. The molecule has 0 aromatic heterocycles. The molecular weight excluding hydrogens is 358 g/mol. The van der Waals surface area contributed by atoms with Gasteiger partial charge in [-0.2, -0.15) is 4.31 Å². The van der Waals surface area contributed by atoms with Crippen molar-refractivity contribution in [1.29, 1.82) is 0 Å². The number of nitrogens with one attached hydrogen (secondary N) is 1. The maximum Gasteiger partial charge on any atom is 0.317 e. The van der Waals surface area contributed by atoms with Gasteiger partial charge in [0.2, 0.25) is 15.9 Å². The molecule has 0 aliphatic carbocycles. The van der Waals surface area contributed by atoms with Gasteiger partial charge in [-0.15, -0.1) is 0 Å². The Kier molecular flexibility index (Phi) is 7.13. The monoisotopic (exact) mass is 383 g/mol. The molecule has 1 aromatic carbocycles. The van der Waals surface area contributed by atoms with Gasteiger partial charge in [-0.25, -0.2) is 8.42 Å². The zero-order valence-corrected chi connectivity index (χ0v) is 15.7. The van der Waals surface area contributed by atoms with Gasteiger partial charge in [0, 0.05) is 18.8 Å². The van der Waals surface area contributed by atoms with E-state index in [9.17, 15) is 18.0 Å². The van der Waals surface area contributed by atoms with E-state index in [0.29, 0.717) is 25.3 Å². The summed E-state index contributed by atoms with van der Waals surface area (Å²) < 4.78 is 26.6. The molecule has 1 fully saturated rings. The number of carbonyl (C=O) groups excluding carboxylic acids is 1. The minimum atomic E-state index is -3.55. The first kappa shape index (κ1) is 20.3. The van der Waals surface area contributed by atoms with Crippen molar-refractivity contribution in [2.75, 3.05) is 38.0 Å². The largest absolute Gasteiger partial charge is 0.480 e. The third-order valence-corrected chi connectivity index (χ3v) is 5.98. The average Bonchev–Trinajstić information content (AvgIpc) is 3.10. The smallest absolute Gasteiger partial charge is 0.317 e. The van der Waals surface area contributed by atoms with Gasteiger partial charge in [0.15, 0.2) is 0 Å². The number of hydrogen-bond donors (Lipinski definition) is 2. The molecule has 0 bridgehead atoms. The molecule has 0 unspecified atom stereocenters. The first-order valence-corrected chi connectivity index (χ1v) is 10.1. The third-order valence-electron chi connectivity index (χ3n) is 4.09. The maximum absolute atomic E-state index is 12.6. The van der Waals surface area contributed by atoms with E-state index in [-0.39, 0.29) is 23.9 Å². The van der Waals surface area contributed by atoms with E-state index in [1.807, 2.05) is 6.92 Å². The molecule has 1 aromatic rings. The molecule has 0 spiro atoms. The van der Waals surface area contributed by atoms with Crippen LogP contribution in [0.3, 0.4) is 0 Å². The number of rotatable bonds is 9. The van der Waals surface area contributed by atoms with Gasteiger partial charge >= 0.3 is 5.97 Å². The van der Waals surface area contributed by atoms with Gasteiger partial charge in [-0.05, 0) is 44.0 Å². The number of carbonyl (C=O) groups is 2. The summed E-state index contributed by atoms with van der Waals surface area (Å²) in [6.07, 6.45) is 2.43. The van der Waals surface area contributed by atoms with Crippen molar-refractivity contribution in [3.8, 4) is 0 Å². The van der Waals surface area contributed by atoms with E-state index in [4.69, 9.17) is 5.11 Å². The van der Waals surface area contributed by atoms with E-state index >= 15 is 0 Å². The Hall–Kier alpha value is -1.97. The van der Waals surface area contributed by atoms with Gasteiger partial charge < -0.3 is 10.4 Å². The van der Waals surface area contributed by atoms with Crippen LogP contribution in [-0.4, -0.2) is 67.3 Å². The molecule has 0 saturated carbocycles. The van der Waals surface area contributed by atoms with Crippen LogP contribution in [0.2, 0.25) is 0 Å². The highest BCUT2D eigenvalue weighted by Gasteiger charge is 2.27. The van der Waals surface area contributed by atoms with Crippen molar-refractivity contribution in [2.45, 2.75) is 31.1 Å². The molecule has 9 heteroatoms. The zero-order chi connectivity index (χ0) is 19.2. The first-order valence-electron chi connectivity index (χ1n) is 8.67. The normalized spacial score (nSPS) is 15.3. The highest BCUT2D eigenvalue weighted by atomic mass is 32.2. The minimum Gasteiger partial charge on any atom is -0.480 e. The lowest BCUT2D eigenvalue weighted by Gasteiger charge is -2.19. The summed E-state index contributed by atoms with van der Waals surface area (Å²) in [4.78, 5) is 24.7. The van der Waals surface area contributed by atoms with Gasteiger partial charge in [-0.3, -0.25) is 14.5 Å². The van der Waals surface area contributed by atoms with Gasteiger partial charge in [0.25, 0.3) is 0 Å². The molecule has 144 valence electrons. The van der Waals surface area contributed by atoms with E-state index in [1.54, 1.807) is 12.1 Å². The lowest BCUT2D eigenvalue weighted by atomic mass is 10.3. The van der Waals surface area contributed by atoms with Gasteiger partial charge in [0.05, 0.1) is 18.0 Å². The van der Waals surface area contributed by atoms with Crippen molar-refractivity contribution in [3.05, 3.63) is 24.3 Å². The van der Waals surface area contributed by atoms with Crippen LogP contribution >= 0.6 is 0 Å². The Morgan fingerprint density at radius 2 is 1.92 bits per heavy atom. The van der Waals surface area contributed by atoms with Gasteiger partial charge in [0.1, 0.15) is 0 Å². The van der Waals surface area contributed by atoms with E-state index in [1.165, 1.54) is 21.3 Å². The second-order valence-corrected chi connectivity index (χ2v) is 8.23.